The summed E-state index contributed by atoms with van der Waals surface area (Å²) in [5.41, 5.74) is 2.74. The summed E-state index contributed by atoms with van der Waals surface area (Å²) in [6.45, 7) is 2.67. The number of thiazole rings is 1. The van der Waals surface area contributed by atoms with E-state index in [1.165, 1.54) is 11.3 Å². The van der Waals surface area contributed by atoms with Crippen molar-refractivity contribution in [2.24, 2.45) is 10.1 Å². The molecule has 0 radical (unpaired) electrons. The Balaban J connectivity index is 2.07. The maximum Gasteiger partial charge on any atom is 0.206 e. The Bertz CT molecular complexity index is 972. The second kappa shape index (κ2) is 8.19. The molecule has 1 heterocycles. The van der Waals surface area contributed by atoms with Crippen LogP contribution in [0.2, 0.25) is 15.1 Å². The highest BCUT2D eigenvalue weighted by atomic mass is 35.5. The van der Waals surface area contributed by atoms with E-state index >= 15 is 0 Å². The van der Waals surface area contributed by atoms with Crippen LogP contribution in [0.25, 0.3) is 11.3 Å². The fourth-order valence-corrected chi connectivity index (χ4v) is 3.68. The van der Waals surface area contributed by atoms with Crippen LogP contribution in [-0.2, 0) is 0 Å². The highest BCUT2D eigenvalue weighted by Gasteiger charge is 2.07. The predicted molar refractivity (Wildman–Crippen MR) is 108 cm³/mol. The van der Waals surface area contributed by atoms with Crippen molar-refractivity contribution in [2.75, 3.05) is 6.54 Å². The Kier molecular flexibility index (Phi) is 5.97. The molecule has 0 saturated carbocycles. The van der Waals surface area contributed by atoms with Gasteiger partial charge in [-0.15, -0.1) is 11.3 Å². The third-order valence-corrected chi connectivity index (χ3v) is 5.06. The van der Waals surface area contributed by atoms with Crippen molar-refractivity contribution in [2.45, 2.75) is 6.92 Å². The normalized spacial score (nSPS) is 12.2. The van der Waals surface area contributed by atoms with Gasteiger partial charge in [0.1, 0.15) is 0 Å². The Hall–Kier alpha value is -1.59. The van der Waals surface area contributed by atoms with Gasteiger partial charge in [0.15, 0.2) is 0 Å². The lowest BCUT2D eigenvalue weighted by atomic mass is 10.2. The average molecular weight is 411 g/mol. The van der Waals surface area contributed by atoms with E-state index in [1.807, 2.05) is 47.3 Å². The first-order valence-electron chi connectivity index (χ1n) is 7.55. The van der Waals surface area contributed by atoms with Crippen molar-refractivity contribution in [3.8, 4) is 11.3 Å². The molecule has 0 saturated heterocycles. The molecule has 3 rings (SSSR count). The van der Waals surface area contributed by atoms with Crippen LogP contribution in [-0.4, -0.2) is 17.4 Å². The number of aromatic nitrogens is 1. The molecule has 1 aromatic heterocycles. The summed E-state index contributed by atoms with van der Waals surface area (Å²) < 4.78 is 1.81. The lowest BCUT2D eigenvalue weighted by Crippen LogP contribution is -2.12. The van der Waals surface area contributed by atoms with Crippen molar-refractivity contribution < 1.29 is 0 Å². The average Bonchev–Trinajstić information content (AvgIpc) is 2.98. The molecular formula is C18H14Cl3N3S. The first kappa shape index (κ1) is 18.2. The minimum Gasteiger partial charge on any atom is -0.258 e. The fraction of sp³-hybridized carbons (Fsp3) is 0.111. The SMILES string of the molecule is CCN=c1scc(-c2ccc(Cl)cc2)n1N=Cc1ccc(Cl)cc1Cl. The maximum absolute atomic E-state index is 6.22. The van der Waals surface area contributed by atoms with E-state index in [0.717, 1.165) is 21.6 Å². The van der Waals surface area contributed by atoms with Crippen LogP contribution in [0.1, 0.15) is 12.5 Å². The number of benzene rings is 2. The van der Waals surface area contributed by atoms with Gasteiger partial charge in [0.2, 0.25) is 4.80 Å². The molecule has 128 valence electrons. The van der Waals surface area contributed by atoms with Crippen LogP contribution < -0.4 is 4.80 Å². The van der Waals surface area contributed by atoms with E-state index < -0.39 is 0 Å². The molecule has 0 spiro atoms. The van der Waals surface area contributed by atoms with Crippen LogP contribution >= 0.6 is 46.1 Å². The van der Waals surface area contributed by atoms with Crippen LogP contribution in [0.5, 0.6) is 0 Å². The lowest BCUT2D eigenvalue weighted by molar-refractivity contribution is 0.833. The van der Waals surface area contributed by atoms with Gasteiger partial charge in [0, 0.05) is 33.1 Å². The Morgan fingerprint density at radius 3 is 2.44 bits per heavy atom. The second-order valence-electron chi connectivity index (χ2n) is 5.11. The van der Waals surface area contributed by atoms with Crippen molar-refractivity contribution in [1.29, 1.82) is 0 Å². The molecule has 0 aliphatic heterocycles. The Morgan fingerprint density at radius 1 is 1.04 bits per heavy atom. The third-order valence-electron chi connectivity index (χ3n) is 3.39. The van der Waals surface area contributed by atoms with Crippen LogP contribution in [0.4, 0.5) is 0 Å². The molecule has 0 unspecified atom stereocenters. The molecule has 7 heteroatoms. The van der Waals surface area contributed by atoms with Crippen LogP contribution in [0.3, 0.4) is 0 Å². The van der Waals surface area contributed by atoms with Gasteiger partial charge in [0.05, 0.1) is 16.9 Å². The molecule has 0 aliphatic rings. The molecule has 0 fully saturated rings. The summed E-state index contributed by atoms with van der Waals surface area (Å²) in [5.74, 6) is 0. The molecule has 3 aromatic rings. The molecule has 0 atom stereocenters. The summed E-state index contributed by atoms with van der Waals surface area (Å²) >= 11 is 19.7. The molecule has 2 aromatic carbocycles. The van der Waals surface area contributed by atoms with Crippen molar-refractivity contribution >= 4 is 52.4 Å². The van der Waals surface area contributed by atoms with Gasteiger partial charge < -0.3 is 0 Å². The van der Waals surface area contributed by atoms with E-state index in [1.54, 1.807) is 18.3 Å². The van der Waals surface area contributed by atoms with Gasteiger partial charge >= 0.3 is 0 Å². The van der Waals surface area contributed by atoms with Crippen molar-refractivity contribution in [3.63, 3.8) is 0 Å². The summed E-state index contributed by atoms with van der Waals surface area (Å²) in [6.07, 6.45) is 1.71. The quantitative estimate of drug-likeness (QED) is 0.474. The molecule has 0 N–H and O–H groups in total. The van der Waals surface area contributed by atoms with Crippen LogP contribution in [0, 0.1) is 0 Å². The van der Waals surface area contributed by atoms with E-state index in [-0.39, 0.29) is 0 Å². The zero-order valence-electron chi connectivity index (χ0n) is 13.3. The highest BCUT2D eigenvalue weighted by molar-refractivity contribution is 7.07. The zero-order valence-corrected chi connectivity index (χ0v) is 16.4. The summed E-state index contributed by atoms with van der Waals surface area (Å²) in [6, 6.07) is 12.9. The zero-order chi connectivity index (χ0) is 17.8. The highest BCUT2D eigenvalue weighted by Crippen LogP contribution is 2.23. The summed E-state index contributed by atoms with van der Waals surface area (Å²) in [4.78, 5) is 5.32. The minimum absolute atomic E-state index is 0.550. The van der Waals surface area contributed by atoms with Gasteiger partial charge in [0.25, 0.3) is 0 Å². The molecule has 25 heavy (non-hydrogen) atoms. The molecule has 0 amide bonds. The van der Waals surface area contributed by atoms with Gasteiger partial charge in [-0.2, -0.15) is 5.10 Å². The molecule has 0 bridgehead atoms. The fourth-order valence-electron chi connectivity index (χ4n) is 2.20. The van der Waals surface area contributed by atoms with Gasteiger partial charge in [-0.25, -0.2) is 4.68 Å². The summed E-state index contributed by atoms with van der Waals surface area (Å²) in [5, 5.41) is 8.45. The van der Waals surface area contributed by atoms with Crippen molar-refractivity contribution in [1.82, 2.24) is 4.68 Å². The van der Waals surface area contributed by atoms with Crippen molar-refractivity contribution in [3.05, 3.63) is 73.3 Å². The second-order valence-corrected chi connectivity index (χ2v) is 7.22. The smallest absolute Gasteiger partial charge is 0.206 e. The molecular weight excluding hydrogens is 397 g/mol. The largest absolute Gasteiger partial charge is 0.258 e. The van der Waals surface area contributed by atoms with Gasteiger partial charge in [-0.3, -0.25) is 4.99 Å². The standard InChI is InChI=1S/C18H14Cl3N3S/c1-2-22-18-24(23-10-13-5-8-15(20)9-16(13)21)17(11-25-18)12-3-6-14(19)7-4-12/h3-11H,2H2,1H3. The van der Waals surface area contributed by atoms with E-state index in [2.05, 4.69) is 10.1 Å². The lowest BCUT2D eigenvalue weighted by Gasteiger charge is -2.04. The molecule has 3 nitrogen and oxygen atoms in total. The van der Waals surface area contributed by atoms with Crippen LogP contribution in [0.15, 0.2) is 57.9 Å². The first-order chi connectivity index (χ1) is 12.1. The number of nitrogens with zero attached hydrogens (tertiary/aromatic N) is 3. The van der Waals surface area contributed by atoms with E-state index in [0.29, 0.717) is 21.6 Å². The van der Waals surface area contributed by atoms with Gasteiger partial charge in [-0.05, 0) is 31.2 Å². The topological polar surface area (TPSA) is 29.6 Å². The maximum atomic E-state index is 6.22. The number of rotatable bonds is 4. The van der Waals surface area contributed by atoms with Gasteiger partial charge in [-0.1, -0.05) is 53.0 Å². The number of halogens is 3. The number of hydrogen-bond donors (Lipinski definition) is 0. The Morgan fingerprint density at radius 2 is 1.76 bits per heavy atom. The Labute approximate surface area is 164 Å². The third kappa shape index (κ3) is 4.33. The molecule has 0 aliphatic carbocycles. The predicted octanol–water partition coefficient (Wildman–Crippen LogP) is 5.98. The van der Waals surface area contributed by atoms with E-state index in [9.17, 15) is 0 Å². The summed E-state index contributed by atoms with van der Waals surface area (Å²) in [7, 11) is 0. The first-order valence-corrected chi connectivity index (χ1v) is 9.56. The monoisotopic (exact) mass is 409 g/mol. The minimum atomic E-state index is 0.550. The number of hydrogen-bond acceptors (Lipinski definition) is 3. The van der Waals surface area contributed by atoms with E-state index in [4.69, 9.17) is 34.8 Å².